The molecular formula is C11H10O4S. The fraction of sp³-hybridized carbons (Fsp3) is 0.182. The highest BCUT2D eigenvalue weighted by Crippen LogP contribution is 2.10. The first-order chi connectivity index (χ1) is 7.56. The van der Waals surface area contributed by atoms with Crippen molar-refractivity contribution in [1.29, 1.82) is 0 Å². The number of rotatable bonds is 4. The lowest BCUT2D eigenvalue weighted by Gasteiger charge is -2.03. The number of carbonyl (C=O) groups is 1. The minimum atomic E-state index is -3.63. The lowest BCUT2D eigenvalue weighted by Crippen LogP contribution is -2.18. The van der Waals surface area contributed by atoms with Crippen molar-refractivity contribution in [2.45, 2.75) is 4.90 Å². The van der Waals surface area contributed by atoms with Gasteiger partial charge < -0.3 is 4.74 Å². The molecule has 1 aromatic carbocycles. The SMILES string of the molecule is C#CCOC(=O)CS(=O)(=O)c1ccccc1. The van der Waals surface area contributed by atoms with E-state index in [4.69, 9.17) is 6.42 Å². The van der Waals surface area contributed by atoms with E-state index in [1.165, 1.54) is 12.1 Å². The number of benzene rings is 1. The van der Waals surface area contributed by atoms with E-state index in [0.717, 1.165) is 0 Å². The molecule has 4 nitrogen and oxygen atoms in total. The van der Waals surface area contributed by atoms with Gasteiger partial charge in [-0.15, -0.1) is 6.42 Å². The Morgan fingerprint density at radius 2 is 1.94 bits per heavy atom. The summed E-state index contributed by atoms with van der Waals surface area (Å²) in [6.45, 7) is -0.219. The average molecular weight is 238 g/mol. The Morgan fingerprint density at radius 1 is 1.31 bits per heavy atom. The van der Waals surface area contributed by atoms with E-state index in [0.29, 0.717) is 0 Å². The molecule has 0 N–H and O–H groups in total. The third kappa shape index (κ3) is 3.41. The molecule has 0 bridgehead atoms. The van der Waals surface area contributed by atoms with Crippen molar-refractivity contribution in [3.8, 4) is 12.3 Å². The number of ether oxygens (including phenoxy) is 1. The molecule has 0 amide bonds. The Balaban J connectivity index is 2.74. The quantitative estimate of drug-likeness (QED) is 0.570. The van der Waals surface area contributed by atoms with Gasteiger partial charge in [0.25, 0.3) is 0 Å². The predicted octanol–water partition coefficient (Wildman–Crippen LogP) is 0.637. The highest BCUT2D eigenvalue weighted by molar-refractivity contribution is 7.92. The maximum absolute atomic E-state index is 11.7. The highest BCUT2D eigenvalue weighted by Gasteiger charge is 2.19. The van der Waals surface area contributed by atoms with E-state index < -0.39 is 21.6 Å². The van der Waals surface area contributed by atoms with E-state index in [9.17, 15) is 13.2 Å². The van der Waals surface area contributed by atoms with Crippen molar-refractivity contribution < 1.29 is 17.9 Å². The standard InChI is InChI=1S/C11H10O4S/c1-2-8-15-11(12)9-16(13,14)10-6-4-3-5-7-10/h1,3-7H,8-9H2. The molecular weight excluding hydrogens is 228 g/mol. The summed E-state index contributed by atoms with van der Waals surface area (Å²) < 4.78 is 27.8. The molecule has 0 fully saturated rings. The fourth-order valence-electron chi connectivity index (χ4n) is 1.03. The van der Waals surface area contributed by atoms with Crippen LogP contribution >= 0.6 is 0 Å². The van der Waals surface area contributed by atoms with Crippen LogP contribution in [0.25, 0.3) is 0 Å². The minimum absolute atomic E-state index is 0.0904. The fourth-order valence-corrected chi connectivity index (χ4v) is 2.16. The van der Waals surface area contributed by atoms with Gasteiger partial charge >= 0.3 is 5.97 Å². The van der Waals surface area contributed by atoms with Crippen LogP contribution in [-0.2, 0) is 19.4 Å². The zero-order valence-electron chi connectivity index (χ0n) is 8.42. The summed E-state index contributed by atoms with van der Waals surface area (Å²) in [6.07, 6.45) is 4.88. The molecule has 0 saturated heterocycles. The Hall–Kier alpha value is -1.80. The smallest absolute Gasteiger partial charge is 0.322 e. The van der Waals surface area contributed by atoms with Gasteiger partial charge in [-0.3, -0.25) is 4.79 Å². The summed E-state index contributed by atoms with van der Waals surface area (Å²) in [6, 6.07) is 7.70. The zero-order valence-corrected chi connectivity index (χ0v) is 9.24. The van der Waals surface area contributed by atoms with E-state index >= 15 is 0 Å². The van der Waals surface area contributed by atoms with Crippen LogP contribution in [0, 0.1) is 12.3 Å². The van der Waals surface area contributed by atoms with Gasteiger partial charge in [0.2, 0.25) is 0 Å². The van der Waals surface area contributed by atoms with Crippen LogP contribution in [0.5, 0.6) is 0 Å². The lowest BCUT2D eigenvalue weighted by atomic mass is 10.4. The first-order valence-electron chi connectivity index (χ1n) is 4.43. The van der Waals surface area contributed by atoms with Crippen LogP contribution in [0.3, 0.4) is 0 Å². The zero-order chi connectivity index (χ0) is 12.0. The van der Waals surface area contributed by atoms with Crippen LogP contribution in [0.2, 0.25) is 0 Å². The monoisotopic (exact) mass is 238 g/mol. The maximum Gasteiger partial charge on any atom is 0.322 e. The summed E-state index contributed by atoms with van der Waals surface area (Å²) in [5, 5.41) is 0. The number of sulfone groups is 1. The van der Waals surface area contributed by atoms with E-state index in [1.807, 2.05) is 0 Å². The third-order valence-electron chi connectivity index (χ3n) is 1.73. The van der Waals surface area contributed by atoms with Crippen molar-refractivity contribution in [3.05, 3.63) is 30.3 Å². The second-order valence-corrected chi connectivity index (χ2v) is 4.93. The van der Waals surface area contributed by atoms with Gasteiger partial charge in [0, 0.05) is 0 Å². The molecule has 0 heterocycles. The summed E-state index contributed by atoms with van der Waals surface area (Å²) in [5.74, 6) is 0.545. The molecule has 5 heteroatoms. The summed E-state index contributed by atoms with van der Waals surface area (Å²) in [4.78, 5) is 11.2. The topological polar surface area (TPSA) is 60.4 Å². The maximum atomic E-state index is 11.7. The first kappa shape index (κ1) is 12.3. The normalized spacial score (nSPS) is 10.4. The van der Waals surface area contributed by atoms with Crippen LogP contribution in [0.1, 0.15) is 0 Å². The van der Waals surface area contributed by atoms with Crippen molar-refractivity contribution in [3.63, 3.8) is 0 Å². The second kappa shape index (κ2) is 5.33. The molecule has 0 spiro atoms. The second-order valence-electron chi connectivity index (χ2n) is 2.94. The van der Waals surface area contributed by atoms with Crippen LogP contribution < -0.4 is 0 Å². The molecule has 0 radical (unpaired) electrons. The van der Waals surface area contributed by atoms with Crippen LogP contribution in [0.4, 0.5) is 0 Å². The largest absolute Gasteiger partial charge is 0.452 e. The van der Waals surface area contributed by atoms with E-state index in [2.05, 4.69) is 10.7 Å². The molecule has 0 aliphatic carbocycles. The van der Waals surface area contributed by atoms with Gasteiger partial charge in [-0.2, -0.15) is 0 Å². The molecule has 1 aromatic rings. The van der Waals surface area contributed by atoms with Crippen molar-refractivity contribution in [2.24, 2.45) is 0 Å². The van der Waals surface area contributed by atoms with Crippen molar-refractivity contribution >= 4 is 15.8 Å². The molecule has 0 aliphatic heterocycles. The molecule has 84 valence electrons. The molecule has 0 saturated carbocycles. The van der Waals surface area contributed by atoms with Gasteiger partial charge in [-0.25, -0.2) is 8.42 Å². The Bertz CT molecular complexity index is 497. The number of hydrogen-bond acceptors (Lipinski definition) is 4. The van der Waals surface area contributed by atoms with Gasteiger partial charge in [0.1, 0.15) is 0 Å². The average Bonchev–Trinajstić information content (AvgIpc) is 2.27. The van der Waals surface area contributed by atoms with Gasteiger partial charge in [0.05, 0.1) is 4.90 Å². The Morgan fingerprint density at radius 3 is 2.50 bits per heavy atom. The first-order valence-corrected chi connectivity index (χ1v) is 6.08. The lowest BCUT2D eigenvalue weighted by molar-refractivity contribution is -0.139. The van der Waals surface area contributed by atoms with Crippen LogP contribution in [0.15, 0.2) is 35.2 Å². The summed E-state index contributed by atoms with van der Waals surface area (Å²) in [7, 11) is -3.63. The molecule has 0 aromatic heterocycles. The van der Waals surface area contributed by atoms with E-state index in [-0.39, 0.29) is 11.5 Å². The predicted molar refractivity (Wildman–Crippen MR) is 58.3 cm³/mol. The minimum Gasteiger partial charge on any atom is -0.452 e. The van der Waals surface area contributed by atoms with Crippen molar-refractivity contribution in [1.82, 2.24) is 0 Å². The Kier molecular flexibility index (Phi) is 4.09. The summed E-state index contributed by atoms with van der Waals surface area (Å²) >= 11 is 0. The molecule has 0 unspecified atom stereocenters. The molecule has 16 heavy (non-hydrogen) atoms. The summed E-state index contributed by atoms with van der Waals surface area (Å²) in [5.41, 5.74) is 0. The third-order valence-corrected chi connectivity index (χ3v) is 3.33. The number of hydrogen-bond donors (Lipinski definition) is 0. The number of carbonyl (C=O) groups excluding carboxylic acids is 1. The van der Waals surface area contributed by atoms with Crippen LogP contribution in [-0.4, -0.2) is 26.7 Å². The van der Waals surface area contributed by atoms with Crippen molar-refractivity contribution in [2.75, 3.05) is 12.4 Å². The Labute approximate surface area is 94.2 Å². The van der Waals surface area contributed by atoms with Gasteiger partial charge in [-0.05, 0) is 12.1 Å². The molecule has 0 atom stereocenters. The van der Waals surface area contributed by atoms with Gasteiger partial charge in [0.15, 0.2) is 22.2 Å². The van der Waals surface area contributed by atoms with Gasteiger partial charge in [-0.1, -0.05) is 24.1 Å². The highest BCUT2D eigenvalue weighted by atomic mass is 32.2. The number of esters is 1. The number of terminal acetylenes is 1. The van der Waals surface area contributed by atoms with E-state index in [1.54, 1.807) is 18.2 Å². The molecule has 0 aliphatic rings. The molecule has 1 rings (SSSR count).